The molecule has 0 aromatic carbocycles. The number of aryl methyl sites for hydroxylation is 2. The van der Waals surface area contributed by atoms with Gasteiger partial charge in [0.2, 0.25) is 0 Å². The van der Waals surface area contributed by atoms with E-state index in [0.29, 0.717) is 29.6 Å². The molecule has 0 saturated heterocycles. The molecule has 0 aliphatic carbocycles. The van der Waals surface area contributed by atoms with Crippen molar-refractivity contribution in [3.05, 3.63) is 40.4 Å². The summed E-state index contributed by atoms with van der Waals surface area (Å²) in [5, 5.41) is 0.781. The van der Waals surface area contributed by atoms with Gasteiger partial charge in [-0.2, -0.15) is 0 Å². The van der Waals surface area contributed by atoms with Gasteiger partial charge in [0, 0.05) is 18.7 Å². The fourth-order valence-electron chi connectivity index (χ4n) is 2.56. The Kier molecular flexibility index (Phi) is 4.04. The molecule has 0 aliphatic heterocycles. The van der Waals surface area contributed by atoms with E-state index in [9.17, 15) is 4.79 Å². The van der Waals surface area contributed by atoms with Gasteiger partial charge >= 0.3 is 0 Å². The van der Waals surface area contributed by atoms with Crippen LogP contribution >= 0.6 is 11.3 Å². The van der Waals surface area contributed by atoms with E-state index in [1.165, 1.54) is 11.3 Å². The molecule has 0 fully saturated rings. The molecular weight excluding hydrogens is 312 g/mol. The summed E-state index contributed by atoms with van der Waals surface area (Å²) in [5.41, 5.74) is 7.82. The van der Waals surface area contributed by atoms with Crippen molar-refractivity contribution < 1.29 is 9.21 Å². The smallest absolute Gasteiger partial charge is 0.264 e. The summed E-state index contributed by atoms with van der Waals surface area (Å²) < 4.78 is 5.08. The molecule has 0 radical (unpaired) electrons. The molecule has 1 amide bonds. The molecule has 2 N–H and O–H groups in total. The maximum Gasteiger partial charge on any atom is 0.264 e. The molecule has 3 aromatic heterocycles. The molecule has 23 heavy (non-hydrogen) atoms. The third-order valence-corrected chi connectivity index (χ3v) is 4.92. The highest BCUT2D eigenvalue weighted by Crippen LogP contribution is 2.33. The molecular formula is C16H18N4O2S. The molecule has 120 valence electrons. The van der Waals surface area contributed by atoms with E-state index in [1.807, 2.05) is 19.9 Å². The molecule has 0 saturated carbocycles. The maximum absolute atomic E-state index is 12.9. The summed E-state index contributed by atoms with van der Waals surface area (Å²) in [6, 6.07) is 1.86. The highest BCUT2D eigenvalue weighted by Gasteiger charge is 2.23. The number of amides is 1. The first-order valence-electron chi connectivity index (χ1n) is 7.34. The Morgan fingerprint density at radius 3 is 2.83 bits per heavy atom. The number of carbonyl (C=O) groups is 1. The zero-order chi connectivity index (χ0) is 16.6. The highest BCUT2D eigenvalue weighted by molar-refractivity contribution is 7.20. The number of fused-ring (bicyclic) bond motifs is 1. The van der Waals surface area contributed by atoms with E-state index < -0.39 is 0 Å². The molecule has 0 unspecified atom stereocenters. The summed E-state index contributed by atoms with van der Waals surface area (Å²) in [5.74, 6) is 1.02. The van der Waals surface area contributed by atoms with Crippen LogP contribution in [0.5, 0.6) is 0 Å². The van der Waals surface area contributed by atoms with Crippen molar-refractivity contribution in [1.29, 1.82) is 0 Å². The average molecular weight is 330 g/mol. The number of aromatic nitrogens is 2. The van der Waals surface area contributed by atoms with Gasteiger partial charge in [-0.25, -0.2) is 9.97 Å². The van der Waals surface area contributed by atoms with Gasteiger partial charge in [0.15, 0.2) is 0 Å². The van der Waals surface area contributed by atoms with E-state index >= 15 is 0 Å². The maximum atomic E-state index is 12.9. The van der Waals surface area contributed by atoms with Gasteiger partial charge in [-0.3, -0.25) is 4.79 Å². The van der Waals surface area contributed by atoms with E-state index in [2.05, 4.69) is 9.97 Å². The van der Waals surface area contributed by atoms with Gasteiger partial charge < -0.3 is 15.1 Å². The number of nitrogens with zero attached hydrogens (tertiary/aromatic N) is 3. The topological polar surface area (TPSA) is 85.2 Å². The second-order valence-corrected chi connectivity index (χ2v) is 6.34. The lowest BCUT2D eigenvalue weighted by atomic mass is 10.2. The molecule has 3 heterocycles. The van der Waals surface area contributed by atoms with Crippen molar-refractivity contribution in [3.63, 3.8) is 0 Å². The van der Waals surface area contributed by atoms with E-state index in [4.69, 9.17) is 10.2 Å². The molecule has 3 rings (SSSR count). The van der Waals surface area contributed by atoms with Crippen LogP contribution in [0, 0.1) is 13.8 Å². The predicted molar refractivity (Wildman–Crippen MR) is 90.4 cm³/mol. The first kappa shape index (κ1) is 15.5. The van der Waals surface area contributed by atoms with Gasteiger partial charge in [0.25, 0.3) is 5.91 Å². The number of nitrogens with two attached hydrogens (primary N) is 1. The lowest BCUT2D eigenvalue weighted by Crippen LogP contribution is -2.29. The third-order valence-electron chi connectivity index (χ3n) is 3.75. The van der Waals surface area contributed by atoms with Gasteiger partial charge in [-0.05, 0) is 32.4 Å². The Morgan fingerprint density at radius 2 is 2.17 bits per heavy atom. The number of anilines is 1. The third kappa shape index (κ3) is 2.79. The minimum atomic E-state index is -0.0220. The van der Waals surface area contributed by atoms with E-state index in [0.717, 1.165) is 21.3 Å². The largest absolute Gasteiger partial charge is 0.472 e. The molecule has 7 heteroatoms. The summed E-state index contributed by atoms with van der Waals surface area (Å²) in [7, 11) is 0. The van der Waals surface area contributed by atoms with Crippen LogP contribution in [0.15, 0.2) is 23.0 Å². The normalized spacial score (nSPS) is 11.1. The Bertz CT molecular complexity index is 855. The van der Waals surface area contributed by atoms with Crippen molar-refractivity contribution in [1.82, 2.24) is 14.9 Å². The van der Waals surface area contributed by atoms with E-state index in [1.54, 1.807) is 24.3 Å². The molecule has 0 aliphatic rings. The minimum absolute atomic E-state index is 0.0220. The van der Waals surface area contributed by atoms with Crippen molar-refractivity contribution in [2.24, 2.45) is 0 Å². The SMILES string of the molecule is CCN(Cc1ccoc1)C(=O)c1sc2nc(C)nc(N)c2c1C. The number of rotatable bonds is 4. The van der Waals surface area contributed by atoms with Crippen LogP contribution in [-0.4, -0.2) is 27.3 Å². The fraction of sp³-hybridized carbons (Fsp3) is 0.312. The van der Waals surface area contributed by atoms with Crippen molar-refractivity contribution >= 4 is 33.3 Å². The summed E-state index contributed by atoms with van der Waals surface area (Å²) in [4.78, 5) is 24.7. The van der Waals surface area contributed by atoms with Crippen LogP contribution in [0.4, 0.5) is 5.82 Å². The number of hydrogen-bond donors (Lipinski definition) is 1. The van der Waals surface area contributed by atoms with Crippen molar-refractivity contribution in [2.75, 3.05) is 12.3 Å². The predicted octanol–water partition coefficient (Wildman–Crippen LogP) is 3.15. The van der Waals surface area contributed by atoms with Crippen molar-refractivity contribution in [3.8, 4) is 0 Å². The van der Waals surface area contributed by atoms with Crippen LogP contribution in [0.3, 0.4) is 0 Å². The Hall–Kier alpha value is -2.41. The lowest BCUT2D eigenvalue weighted by molar-refractivity contribution is 0.0756. The van der Waals surface area contributed by atoms with Crippen LogP contribution in [0.2, 0.25) is 0 Å². The fourth-order valence-corrected chi connectivity index (χ4v) is 3.76. The highest BCUT2D eigenvalue weighted by atomic mass is 32.1. The number of nitrogen functional groups attached to an aromatic ring is 1. The summed E-state index contributed by atoms with van der Waals surface area (Å²) in [6.07, 6.45) is 3.26. The Balaban J connectivity index is 1.99. The van der Waals surface area contributed by atoms with Gasteiger partial charge in [-0.1, -0.05) is 0 Å². The molecule has 6 nitrogen and oxygen atoms in total. The summed E-state index contributed by atoms with van der Waals surface area (Å²) in [6.45, 7) is 6.77. The molecule has 0 atom stereocenters. The Labute approximate surface area is 137 Å². The van der Waals surface area contributed by atoms with Gasteiger partial charge in [0.1, 0.15) is 16.5 Å². The standard InChI is InChI=1S/C16H18N4O2S/c1-4-20(7-11-5-6-22-8-11)16(21)13-9(2)12-14(17)18-10(3)19-15(12)23-13/h5-6,8H,4,7H2,1-3H3,(H2,17,18,19). The average Bonchev–Trinajstić information content (AvgIpc) is 3.12. The zero-order valence-corrected chi connectivity index (χ0v) is 14.1. The number of furan rings is 1. The minimum Gasteiger partial charge on any atom is -0.472 e. The first-order valence-corrected chi connectivity index (χ1v) is 8.16. The van der Waals surface area contributed by atoms with Crippen LogP contribution in [0.25, 0.3) is 10.2 Å². The van der Waals surface area contributed by atoms with Gasteiger partial charge in [0.05, 0.1) is 22.8 Å². The van der Waals surface area contributed by atoms with Crippen LogP contribution < -0.4 is 5.73 Å². The monoisotopic (exact) mass is 330 g/mol. The lowest BCUT2D eigenvalue weighted by Gasteiger charge is -2.19. The number of hydrogen-bond acceptors (Lipinski definition) is 6. The second kappa shape index (κ2) is 6.00. The number of thiophene rings is 1. The zero-order valence-electron chi connectivity index (χ0n) is 13.3. The Morgan fingerprint density at radius 1 is 1.39 bits per heavy atom. The molecule has 0 bridgehead atoms. The number of carbonyl (C=O) groups excluding carboxylic acids is 1. The van der Waals surface area contributed by atoms with E-state index in [-0.39, 0.29) is 5.91 Å². The first-order chi connectivity index (χ1) is 11.0. The second-order valence-electron chi connectivity index (χ2n) is 5.34. The van der Waals surface area contributed by atoms with Crippen molar-refractivity contribution in [2.45, 2.75) is 27.3 Å². The van der Waals surface area contributed by atoms with Crippen LogP contribution in [0.1, 0.15) is 33.5 Å². The van der Waals surface area contributed by atoms with Crippen LogP contribution in [-0.2, 0) is 6.54 Å². The molecule has 3 aromatic rings. The summed E-state index contributed by atoms with van der Waals surface area (Å²) >= 11 is 1.37. The quantitative estimate of drug-likeness (QED) is 0.794. The van der Waals surface area contributed by atoms with Gasteiger partial charge in [-0.15, -0.1) is 11.3 Å². The molecule has 0 spiro atoms.